The van der Waals surface area contributed by atoms with Crippen molar-refractivity contribution in [3.8, 4) is 11.5 Å². The van der Waals surface area contributed by atoms with E-state index in [1.807, 2.05) is 25.1 Å². The van der Waals surface area contributed by atoms with Gasteiger partial charge in [0, 0.05) is 0 Å². The summed E-state index contributed by atoms with van der Waals surface area (Å²) in [6.07, 6.45) is 1.66. The van der Waals surface area contributed by atoms with Gasteiger partial charge < -0.3 is 14.8 Å². The molecule has 0 fully saturated rings. The summed E-state index contributed by atoms with van der Waals surface area (Å²) >= 11 is 0. The number of hydrogen-bond acceptors (Lipinski definition) is 3. The van der Waals surface area contributed by atoms with Crippen molar-refractivity contribution >= 4 is 11.6 Å². The fourth-order valence-electron chi connectivity index (χ4n) is 1.97. The van der Waals surface area contributed by atoms with Gasteiger partial charge in [0.1, 0.15) is 18.1 Å². The molecule has 2 aromatic rings. The second-order valence-corrected chi connectivity index (χ2v) is 4.48. The van der Waals surface area contributed by atoms with Crippen LogP contribution in [0.3, 0.4) is 0 Å². The number of amides is 1. The largest absolute Gasteiger partial charge is 0.493 e. The van der Waals surface area contributed by atoms with Crippen LogP contribution in [0.2, 0.25) is 0 Å². The van der Waals surface area contributed by atoms with Crippen LogP contribution in [0.25, 0.3) is 0 Å². The Morgan fingerprint density at radius 1 is 1.09 bits per heavy atom. The summed E-state index contributed by atoms with van der Waals surface area (Å²) in [5.41, 5.74) is 1.10. The predicted octanol–water partition coefficient (Wildman–Crippen LogP) is 3.90. The molecule has 0 aliphatic rings. The molecule has 0 aromatic heterocycles. The minimum Gasteiger partial charge on any atom is -0.493 e. The third-order valence-electron chi connectivity index (χ3n) is 2.92. The average Bonchev–Trinajstić information content (AvgIpc) is 2.55. The lowest BCUT2D eigenvalue weighted by Crippen LogP contribution is -2.14. The highest BCUT2D eigenvalue weighted by atomic mass is 16.5. The third-order valence-corrected chi connectivity index (χ3v) is 2.92. The molecule has 22 heavy (non-hydrogen) atoms. The first-order valence-corrected chi connectivity index (χ1v) is 7.12. The van der Waals surface area contributed by atoms with Gasteiger partial charge in [0.25, 0.3) is 5.91 Å². The van der Waals surface area contributed by atoms with Crippen molar-refractivity contribution in [3.05, 3.63) is 66.7 Å². The molecule has 0 bridgehead atoms. The molecular formula is C18H19NO3. The maximum Gasteiger partial charge on any atom is 0.259 e. The van der Waals surface area contributed by atoms with Crippen LogP contribution in [0.15, 0.2) is 61.2 Å². The van der Waals surface area contributed by atoms with Crippen LogP contribution in [-0.2, 0) is 0 Å². The van der Waals surface area contributed by atoms with Crippen LogP contribution < -0.4 is 14.8 Å². The van der Waals surface area contributed by atoms with Crippen molar-refractivity contribution in [1.29, 1.82) is 0 Å². The fourth-order valence-corrected chi connectivity index (χ4v) is 1.97. The minimum absolute atomic E-state index is 0.237. The summed E-state index contributed by atoms with van der Waals surface area (Å²) in [6, 6.07) is 14.4. The van der Waals surface area contributed by atoms with Gasteiger partial charge in [-0.15, -0.1) is 0 Å². The van der Waals surface area contributed by atoms with E-state index in [9.17, 15) is 4.79 Å². The normalized spacial score (nSPS) is 9.86. The number of nitrogens with one attached hydrogen (secondary N) is 1. The molecule has 0 heterocycles. The summed E-state index contributed by atoms with van der Waals surface area (Å²) in [5, 5.41) is 2.86. The lowest BCUT2D eigenvalue weighted by Gasteiger charge is -2.13. The smallest absolute Gasteiger partial charge is 0.259 e. The van der Waals surface area contributed by atoms with Gasteiger partial charge in [0.05, 0.1) is 17.9 Å². The molecule has 4 nitrogen and oxygen atoms in total. The van der Waals surface area contributed by atoms with Crippen LogP contribution in [0, 0.1) is 0 Å². The Labute approximate surface area is 130 Å². The van der Waals surface area contributed by atoms with Crippen LogP contribution in [0.5, 0.6) is 11.5 Å². The molecule has 0 spiro atoms. The number of benzene rings is 2. The number of carbonyl (C=O) groups excluding carboxylic acids is 1. The van der Waals surface area contributed by atoms with E-state index in [0.29, 0.717) is 36.0 Å². The Balaban J connectivity index is 2.20. The van der Waals surface area contributed by atoms with Gasteiger partial charge in [-0.3, -0.25) is 4.79 Å². The summed E-state index contributed by atoms with van der Waals surface area (Å²) < 4.78 is 11.0. The topological polar surface area (TPSA) is 47.6 Å². The van der Waals surface area contributed by atoms with E-state index in [2.05, 4.69) is 11.9 Å². The highest BCUT2D eigenvalue weighted by Crippen LogP contribution is 2.26. The standard InChI is InChI=1S/C18H19NO3/c1-3-13-22-17-12-8-6-10-15(17)19-18(20)14-9-5-7-11-16(14)21-4-2/h3,5-12H,1,4,13H2,2H3,(H,19,20). The summed E-state index contributed by atoms with van der Waals surface area (Å²) in [6.45, 7) is 6.38. The number of anilines is 1. The number of para-hydroxylation sites is 3. The molecular weight excluding hydrogens is 278 g/mol. The lowest BCUT2D eigenvalue weighted by atomic mass is 10.2. The van der Waals surface area contributed by atoms with Crippen molar-refractivity contribution in [2.45, 2.75) is 6.92 Å². The van der Waals surface area contributed by atoms with Crippen molar-refractivity contribution in [2.75, 3.05) is 18.5 Å². The Bertz CT molecular complexity index is 652. The van der Waals surface area contributed by atoms with E-state index >= 15 is 0 Å². The van der Waals surface area contributed by atoms with Gasteiger partial charge in [0.2, 0.25) is 0 Å². The Morgan fingerprint density at radius 3 is 2.50 bits per heavy atom. The molecule has 0 saturated heterocycles. The van der Waals surface area contributed by atoms with Crippen LogP contribution in [0.1, 0.15) is 17.3 Å². The first-order valence-electron chi connectivity index (χ1n) is 7.12. The van der Waals surface area contributed by atoms with Crippen molar-refractivity contribution < 1.29 is 14.3 Å². The summed E-state index contributed by atoms with van der Waals surface area (Å²) in [7, 11) is 0. The molecule has 2 rings (SSSR count). The van der Waals surface area contributed by atoms with Crippen LogP contribution in [0.4, 0.5) is 5.69 Å². The maximum absolute atomic E-state index is 12.5. The number of carbonyl (C=O) groups is 1. The number of hydrogen-bond donors (Lipinski definition) is 1. The van der Waals surface area contributed by atoms with Gasteiger partial charge >= 0.3 is 0 Å². The average molecular weight is 297 g/mol. The zero-order chi connectivity index (χ0) is 15.8. The fraction of sp³-hybridized carbons (Fsp3) is 0.167. The molecule has 0 aliphatic carbocycles. The van der Waals surface area contributed by atoms with Gasteiger partial charge in [-0.25, -0.2) is 0 Å². The zero-order valence-electron chi connectivity index (χ0n) is 12.5. The quantitative estimate of drug-likeness (QED) is 0.788. The number of ether oxygens (including phenoxy) is 2. The summed E-state index contributed by atoms with van der Waals surface area (Å²) in [5.74, 6) is 0.926. The number of rotatable bonds is 7. The Kier molecular flexibility index (Phi) is 5.60. The van der Waals surface area contributed by atoms with E-state index in [4.69, 9.17) is 9.47 Å². The third kappa shape index (κ3) is 3.88. The van der Waals surface area contributed by atoms with Gasteiger partial charge in [0.15, 0.2) is 0 Å². The molecule has 0 aliphatic heterocycles. The molecule has 0 unspecified atom stereocenters. The van der Waals surface area contributed by atoms with Crippen LogP contribution >= 0.6 is 0 Å². The van der Waals surface area contributed by atoms with Crippen molar-refractivity contribution in [3.63, 3.8) is 0 Å². The molecule has 0 saturated carbocycles. The van der Waals surface area contributed by atoms with Crippen molar-refractivity contribution in [2.24, 2.45) is 0 Å². The van der Waals surface area contributed by atoms with E-state index in [-0.39, 0.29) is 5.91 Å². The molecule has 2 aromatic carbocycles. The maximum atomic E-state index is 12.5. The monoisotopic (exact) mass is 297 g/mol. The summed E-state index contributed by atoms with van der Waals surface area (Å²) in [4.78, 5) is 12.5. The lowest BCUT2D eigenvalue weighted by molar-refractivity contribution is 0.102. The second-order valence-electron chi connectivity index (χ2n) is 4.48. The SMILES string of the molecule is C=CCOc1ccccc1NC(=O)c1ccccc1OCC. The first-order chi connectivity index (χ1) is 10.8. The van der Waals surface area contributed by atoms with E-state index in [1.54, 1.807) is 36.4 Å². The van der Waals surface area contributed by atoms with Gasteiger partial charge in [-0.2, -0.15) is 0 Å². The highest BCUT2D eigenvalue weighted by molar-refractivity contribution is 6.06. The molecule has 1 N–H and O–H groups in total. The Hall–Kier alpha value is -2.75. The second kappa shape index (κ2) is 7.88. The molecule has 4 heteroatoms. The molecule has 1 amide bonds. The van der Waals surface area contributed by atoms with E-state index < -0.39 is 0 Å². The molecule has 0 radical (unpaired) electrons. The predicted molar refractivity (Wildman–Crippen MR) is 87.7 cm³/mol. The van der Waals surface area contributed by atoms with E-state index in [0.717, 1.165) is 0 Å². The van der Waals surface area contributed by atoms with E-state index in [1.165, 1.54) is 0 Å². The zero-order valence-corrected chi connectivity index (χ0v) is 12.5. The highest BCUT2D eigenvalue weighted by Gasteiger charge is 2.14. The van der Waals surface area contributed by atoms with Gasteiger partial charge in [-0.05, 0) is 31.2 Å². The minimum atomic E-state index is -0.237. The molecule has 0 atom stereocenters. The van der Waals surface area contributed by atoms with Crippen molar-refractivity contribution in [1.82, 2.24) is 0 Å². The van der Waals surface area contributed by atoms with Gasteiger partial charge in [-0.1, -0.05) is 36.9 Å². The van der Waals surface area contributed by atoms with Crippen LogP contribution in [-0.4, -0.2) is 19.1 Å². The first kappa shape index (κ1) is 15.6. The molecule has 114 valence electrons. The Morgan fingerprint density at radius 2 is 1.77 bits per heavy atom.